The third-order valence-corrected chi connectivity index (χ3v) is 6.43. The van der Waals surface area contributed by atoms with E-state index < -0.39 is 0 Å². The summed E-state index contributed by atoms with van der Waals surface area (Å²) in [6.45, 7) is 4.22. The highest BCUT2D eigenvalue weighted by atomic mass is 16.5. The molecule has 1 aliphatic rings. The van der Waals surface area contributed by atoms with Crippen LogP contribution in [-0.2, 0) is 0 Å². The van der Waals surface area contributed by atoms with E-state index in [1.54, 1.807) is 19.5 Å². The molecular formula is C25H25N7O. The first-order chi connectivity index (χ1) is 16.2. The van der Waals surface area contributed by atoms with Crippen molar-refractivity contribution >= 4 is 27.5 Å². The number of hydrogen-bond donors (Lipinski definition) is 2. The van der Waals surface area contributed by atoms with Crippen LogP contribution in [0.2, 0.25) is 0 Å². The minimum atomic E-state index is 0.703. The average molecular weight is 440 g/mol. The molecule has 8 nitrogen and oxygen atoms in total. The molecule has 1 saturated heterocycles. The summed E-state index contributed by atoms with van der Waals surface area (Å²) < 4.78 is 5.32. The van der Waals surface area contributed by atoms with Gasteiger partial charge in [-0.15, -0.1) is 0 Å². The molecule has 4 aromatic heterocycles. The number of ether oxygens (including phenoxy) is 1. The van der Waals surface area contributed by atoms with Crippen LogP contribution >= 0.6 is 0 Å². The van der Waals surface area contributed by atoms with Gasteiger partial charge in [0.1, 0.15) is 11.4 Å². The summed E-state index contributed by atoms with van der Waals surface area (Å²) in [6.07, 6.45) is 5.30. The number of piperazine rings is 1. The Hall–Kier alpha value is -3.91. The summed E-state index contributed by atoms with van der Waals surface area (Å²) in [4.78, 5) is 17.3. The maximum absolute atomic E-state index is 5.32. The van der Waals surface area contributed by atoms with Crippen LogP contribution in [0.3, 0.4) is 0 Å². The van der Waals surface area contributed by atoms with Crippen molar-refractivity contribution in [2.75, 3.05) is 45.2 Å². The lowest BCUT2D eigenvalue weighted by Crippen LogP contribution is -2.44. The van der Waals surface area contributed by atoms with E-state index in [4.69, 9.17) is 4.74 Å². The van der Waals surface area contributed by atoms with E-state index in [0.29, 0.717) is 5.75 Å². The third kappa shape index (κ3) is 3.48. The van der Waals surface area contributed by atoms with Gasteiger partial charge in [0, 0.05) is 59.9 Å². The van der Waals surface area contributed by atoms with Crippen LogP contribution in [-0.4, -0.2) is 70.4 Å². The Bertz CT molecular complexity index is 1450. The Morgan fingerprint density at radius 1 is 0.939 bits per heavy atom. The van der Waals surface area contributed by atoms with Gasteiger partial charge in [0.15, 0.2) is 0 Å². The van der Waals surface area contributed by atoms with Crippen LogP contribution in [0.1, 0.15) is 0 Å². The predicted molar refractivity (Wildman–Crippen MR) is 131 cm³/mol. The van der Waals surface area contributed by atoms with Crippen LogP contribution in [0.25, 0.3) is 44.5 Å². The lowest BCUT2D eigenvalue weighted by atomic mass is 10.1. The standard InChI is InChI=1S/C25H25N7O/c1-31-6-8-32(9-7-31)24-5-3-4-20-18(24)11-22(28-20)25-19-12-21(27-15-23(19)29-30-25)16-10-17(33-2)14-26-13-16/h3-5,10-15,28H,6-9H2,1-2H3,(H,29,30). The Morgan fingerprint density at radius 3 is 2.67 bits per heavy atom. The molecule has 0 bridgehead atoms. The number of rotatable bonds is 4. The van der Waals surface area contributed by atoms with Gasteiger partial charge in [-0.05, 0) is 37.4 Å². The van der Waals surface area contributed by atoms with Gasteiger partial charge < -0.3 is 19.5 Å². The zero-order valence-electron chi connectivity index (χ0n) is 18.7. The van der Waals surface area contributed by atoms with E-state index in [1.807, 2.05) is 12.3 Å². The number of aromatic amines is 2. The summed E-state index contributed by atoms with van der Waals surface area (Å²) in [6, 6.07) is 12.7. The molecule has 2 N–H and O–H groups in total. The Labute approximate surface area is 191 Å². The van der Waals surface area contributed by atoms with E-state index in [1.165, 1.54) is 11.1 Å². The number of fused-ring (bicyclic) bond motifs is 2. The van der Waals surface area contributed by atoms with Crippen molar-refractivity contribution in [2.45, 2.75) is 0 Å². The number of nitrogens with one attached hydrogen (secondary N) is 2. The van der Waals surface area contributed by atoms with Gasteiger partial charge in [0.2, 0.25) is 0 Å². The topological polar surface area (TPSA) is 86.0 Å². The van der Waals surface area contributed by atoms with E-state index >= 15 is 0 Å². The van der Waals surface area contributed by atoms with Gasteiger partial charge in [-0.2, -0.15) is 5.10 Å². The molecule has 1 fully saturated rings. The van der Waals surface area contributed by atoms with E-state index in [0.717, 1.165) is 65.2 Å². The quantitative estimate of drug-likeness (QED) is 0.441. The smallest absolute Gasteiger partial charge is 0.137 e. The fraction of sp³-hybridized carbons (Fsp3) is 0.240. The van der Waals surface area contributed by atoms with Crippen LogP contribution < -0.4 is 9.64 Å². The van der Waals surface area contributed by atoms with Gasteiger partial charge >= 0.3 is 0 Å². The molecule has 0 unspecified atom stereocenters. The highest BCUT2D eigenvalue weighted by Gasteiger charge is 2.19. The molecule has 8 heteroatoms. The van der Waals surface area contributed by atoms with Crippen LogP contribution in [0.4, 0.5) is 5.69 Å². The summed E-state index contributed by atoms with van der Waals surface area (Å²) in [5.41, 5.74) is 6.87. The zero-order valence-corrected chi connectivity index (χ0v) is 18.7. The minimum Gasteiger partial charge on any atom is -0.495 e. The van der Waals surface area contributed by atoms with Crippen molar-refractivity contribution < 1.29 is 4.74 Å². The van der Waals surface area contributed by atoms with Crippen molar-refractivity contribution in [1.29, 1.82) is 0 Å². The fourth-order valence-corrected chi connectivity index (χ4v) is 4.54. The Balaban J connectivity index is 1.43. The number of nitrogens with zero attached hydrogens (tertiary/aromatic N) is 5. The molecule has 33 heavy (non-hydrogen) atoms. The molecule has 166 valence electrons. The maximum Gasteiger partial charge on any atom is 0.137 e. The molecular weight excluding hydrogens is 414 g/mol. The molecule has 5 heterocycles. The predicted octanol–water partition coefficient (Wildman–Crippen LogP) is 3.93. The van der Waals surface area contributed by atoms with Gasteiger partial charge in [-0.3, -0.25) is 15.1 Å². The van der Waals surface area contributed by atoms with Crippen LogP contribution in [0, 0.1) is 0 Å². The van der Waals surface area contributed by atoms with Crippen molar-refractivity contribution in [3.63, 3.8) is 0 Å². The Kier molecular flexibility index (Phi) is 4.73. The van der Waals surface area contributed by atoms with Gasteiger partial charge in [-0.1, -0.05) is 6.07 Å². The van der Waals surface area contributed by atoms with Crippen molar-refractivity contribution in [1.82, 2.24) is 30.0 Å². The highest BCUT2D eigenvalue weighted by Crippen LogP contribution is 2.34. The summed E-state index contributed by atoms with van der Waals surface area (Å²) in [7, 11) is 3.82. The molecule has 0 spiro atoms. The number of benzene rings is 1. The summed E-state index contributed by atoms with van der Waals surface area (Å²) in [5.74, 6) is 0.703. The molecule has 6 rings (SSSR count). The number of hydrogen-bond acceptors (Lipinski definition) is 6. The number of methoxy groups -OCH3 is 1. The molecule has 0 amide bonds. The first-order valence-corrected chi connectivity index (χ1v) is 11.1. The largest absolute Gasteiger partial charge is 0.495 e. The monoisotopic (exact) mass is 439 g/mol. The van der Waals surface area contributed by atoms with E-state index in [2.05, 4.69) is 72.3 Å². The van der Waals surface area contributed by atoms with Gasteiger partial charge in [-0.25, -0.2) is 0 Å². The number of anilines is 1. The number of pyridine rings is 2. The lowest BCUT2D eigenvalue weighted by molar-refractivity contribution is 0.313. The molecule has 1 aromatic carbocycles. The van der Waals surface area contributed by atoms with Gasteiger partial charge in [0.05, 0.1) is 36.4 Å². The maximum atomic E-state index is 5.32. The van der Waals surface area contributed by atoms with E-state index in [9.17, 15) is 0 Å². The van der Waals surface area contributed by atoms with Crippen molar-refractivity contribution in [3.8, 4) is 28.4 Å². The van der Waals surface area contributed by atoms with Gasteiger partial charge in [0.25, 0.3) is 0 Å². The summed E-state index contributed by atoms with van der Waals surface area (Å²) in [5, 5.41) is 9.98. The van der Waals surface area contributed by atoms with Crippen molar-refractivity contribution in [3.05, 3.63) is 55.0 Å². The van der Waals surface area contributed by atoms with Crippen LogP contribution in [0.5, 0.6) is 5.75 Å². The van der Waals surface area contributed by atoms with Crippen molar-refractivity contribution in [2.24, 2.45) is 0 Å². The highest BCUT2D eigenvalue weighted by molar-refractivity contribution is 6.00. The molecule has 5 aromatic rings. The van der Waals surface area contributed by atoms with E-state index in [-0.39, 0.29) is 0 Å². The normalized spacial score (nSPS) is 14.9. The SMILES string of the molecule is COc1cncc(-c2cc3c(-c4cc5c(N6CCN(C)CC6)cccc5[nH]4)n[nH]c3cn2)c1. The number of likely N-dealkylation sites (N-methyl/N-ethyl adjacent to an activating group) is 1. The first-order valence-electron chi connectivity index (χ1n) is 11.1. The third-order valence-electron chi connectivity index (χ3n) is 6.43. The second-order valence-corrected chi connectivity index (χ2v) is 8.51. The lowest BCUT2D eigenvalue weighted by Gasteiger charge is -2.34. The molecule has 0 atom stereocenters. The molecule has 0 aliphatic carbocycles. The number of aromatic nitrogens is 5. The summed E-state index contributed by atoms with van der Waals surface area (Å²) >= 11 is 0. The molecule has 1 aliphatic heterocycles. The van der Waals surface area contributed by atoms with Crippen LogP contribution in [0.15, 0.2) is 55.0 Å². The Morgan fingerprint density at radius 2 is 1.82 bits per heavy atom. The molecule has 0 radical (unpaired) electrons. The fourth-order valence-electron chi connectivity index (χ4n) is 4.54. The minimum absolute atomic E-state index is 0.703. The zero-order chi connectivity index (χ0) is 22.4. The molecule has 0 saturated carbocycles. The first kappa shape index (κ1) is 19.8. The average Bonchev–Trinajstić information content (AvgIpc) is 3.48. The second kappa shape index (κ2) is 7.90. The second-order valence-electron chi connectivity index (χ2n) is 8.51. The number of H-pyrrole nitrogens is 2.